The maximum atomic E-state index is 12.7. The minimum atomic E-state index is -0.364. The highest BCUT2D eigenvalue weighted by atomic mass is 16.5. The van der Waals surface area contributed by atoms with E-state index in [0.717, 1.165) is 24.2 Å². The van der Waals surface area contributed by atoms with Gasteiger partial charge in [0.2, 0.25) is 0 Å². The van der Waals surface area contributed by atoms with Crippen molar-refractivity contribution in [2.24, 2.45) is 0 Å². The van der Waals surface area contributed by atoms with Crippen molar-refractivity contribution in [1.29, 1.82) is 0 Å². The van der Waals surface area contributed by atoms with Gasteiger partial charge in [0.25, 0.3) is 11.8 Å². The normalized spacial score (nSPS) is 11.2. The van der Waals surface area contributed by atoms with E-state index in [1.807, 2.05) is 45.0 Å². The van der Waals surface area contributed by atoms with Crippen LogP contribution in [-0.2, 0) is 4.79 Å². The highest BCUT2D eigenvalue weighted by Crippen LogP contribution is 2.16. The Balaban J connectivity index is 2.13. The van der Waals surface area contributed by atoms with Crippen LogP contribution >= 0.6 is 0 Å². The molecule has 0 heterocycles. The van der Waals surface area contributed by atoms with E-state index in [9.17, 15) is 9.59 Å². The number of carbonyl (C=O) groups excluding carboxylic acids is 2. The van der Waals surface area contributed by atoms with Crippen LogP contribution in [-0.4, -0.2) is 31.1 Å². The summed E-state index contributed by atoms with van der Waals surface area (Å²) >= 11 is 0. The van der Waals surface area contributed by atoms with Crippen LogP contribution in [0.2, 0.25) is 0 Å². The molecule has 0 saturated heterocycles. The van der Waals surface area contributed by atoms with E-state index in [2.05, 4.69) is 17.6 Å². The summed E-state index contributed by atoms with van der Waals surface area (Å²) in [6.07, 6.45) is 3.76. The van der Waals surface area contributed by atoms with E-state index in [4.69, 9.17) is 9.47 Å². The Morgan fingerprint density at radius 2 is 1.61 bits per heavy atom. The Morgan fingerprint density at radius 3 is 2.19 bits per heavy atom. The smallest absolute Gasteiger partial charge is 0.267 e. The van der Waals surface area contributed by atoms with Crippen molar-refractivity contribution in [3.05, 3.63) is 65.4 Å². The molecule has 2 aromatic carbocycles. The minimum Gasteiger partial charge on any atom is -0.494 e. The molecule has 31 heavy (non-hydrogen) atoms. The predicted octanol–water partition coefficient (Wildman–Crippen LogP) is 4.56. The number of carbonyl (C=O) groups is 2. The molecule has 0 bridgehead atoms. The van der Waals surface area contributed by atoms with Crippen molar-refractivity contribution in [2.45, 2.75) is 46.6 Å². The average molecular weight is 425 g/mol. The number of amides is 2. The summed E-state index contributed by atoms with van der Waals surface area (Å²) < 4.78 is 11.3. The van der Waals surface area contributed by atoms with Gasteiger partial charge in [-0.25, -0.2) is 0 Å². The number of unbranched alkanes of at least 4 members (excludes halogenated alkanes) is 1. The summed E-state index contributed by atoms with van der Waals surface area (Å²) in [5.74, 6) is 0.750. The number of rotatable bonds is 11. The lowest BCUT2D eigenvalue weighted by molar-refractivity contribution is -0.117. The third kappa shape index (κ3) is 8.16. The molecule has 2 aromatic rings. The van der Waals surface area contributed by atoms with Gasteiger partial charge in [0.05, 0.1) is 12.7 Å². The summed E-state index contributed by atoms with van der Waals surface area (Å²) in [5.41, 5.74) is 1.39. The van der Waals surface area contributed by atoms with Crippen molar-refractivity contribution in [3.63, 3.8) is 0 Å². The standard InChI is InChI=1S/C25H32N2O4/c1-5-7-16-30-21-14-10-20(11-15-21)24(28)27-23(25(29)26-6-2)17-19-8-12-22(13-9-19)31-18(3)4/h8-15,17-18H,5-7,16H2,1-4H3,(H,26,29)(H,27,28)/b23-17-. The van der Waals surface area contributed by atoms with Crippen molar-refractivity contribution in [3.8, 4) is 11.5 Å². The second-order valence-corrected chi connectivity index (χ2v) is 7.33. The van der Waals surface area contributed by atoms with Crippen LogP contribution in [0.5, 0.6) is 11.5 Å². The van der Waals surface area contributed by atoms with Crippen LogP contribution in [0.3, 0.4) is 0 Å². The summed E-state index contributed by atoms with van der Waals surface area (Å²) in [6, 6.07) is 14.2. The molecular weight excluding hydrogens is 392 g/mol. The number of likely N-dealkylation sites (N-methyl/N-ethyl adjacent to an activating group) is 1. The molecule has 0 atom stereocenters. The first-order chi connectivity index (χ1) is 14.9. The maximum absolute atomic E-state index is 12.7. The Kier molecular flexibility index (Phi) is 9.62. The fourth-order valence-electron chi connectivity index (χ4n) is 2.73. The summed E-state index contributed by atoms with van der Waals surface area (Å²) in [6.45, 7) is 8.95. The van der Waals surface area contributed by atoms with Crippen molar-refractivity contribution < 1.29 is 19.1 Å². The molecule has 6 nitrogen and oxygen atoms in total. The Labute approximate surface area is 184 Å². The van der Waals surface area contributed by atoms with E-state index in [1.54, 1.807) is 30.3 Å². The van der Waals surface area contributed by atoms with Crippen LogP contribution in [0.15, 0.2) is 54.2 Å². The van der Waals surface area contributed by atoms with E-state index in [-0.39, 0.29) is 23.6 Å². The number of ether oxygens (including phenoxy) is 2. The second-order valence-electron chi connectivity index (χ2n) is 7.33. The Hall–Kier alpha value is -3.28. The lowest BCUT2D eigenvalue weighted by Gasteiger charge is -2.12. The first-order valence-corrected chi connectivity index (χ1v) is 10.7. The van der Waals surface area contributed by atoms with Gasteiger partial charge in [0.1, 0.15) is 17.2 Å². The van der Waals surface area contributed by atoms with E-state index in [0.29, 0.717) is 24.5 Å². The molecule has 0 aromatic heterocycles. The predicted molar refractivity (Wildman–Crippen MR) is 123 cm³/mol. The summed E-state index contributed by atoms with van der Waals surface area (Å²) in [5, 5.41) is 5.45. The van der Waals surface area contributed by atoms with Gasteiger partial charge in [0, 0.05) is 12.1 Å². The lowest BCUT2D eigenvalue weighted by Crippen LogP contribution is -2.34. The molecule has 0 aliphatic heterocycles. The second kappa shape index (κ2) is 12.4. The van der Waals surface area contributed by atoms with Gasteiger partial charge in [-0.1, -0.05) is 25.5 Å². The van der Waals surface area contributed by atoms with E-state index in [1.165, 1.54) is 0 Å². The van der Waals surface area contributed by atoms with Gasteiger partial charge in [-0.3, -0.25) is 9.59 Å². The van der Waals surface area contributed by atoms with Gasteiger partial charge in [-0.05, 0) is 75.2 Å². The van der Waals surface area contributed by atoms with E-state index >= 15 is 0 Å². The topological polar surface area (TPSA) is 76.7 Å². The van der Waals surface area contributed by atoms with Gasteiger partial charge >= 0.3 is 0 Å². The Morgan fingerprint density at radius 1 is 0.968 bits per heavy atom. The molecule has 166 valence electrons. The molecular formula is C25H32N2O4. The molecule has 2 amide bonds. The molecule has 0 aliphatic carbocycles. The lowest BCUT2D eigenvalue weighted by atomic mass is 10.1. The number of nitrogens with one attached hydrogen (secondary N) is 2. The third-order valence-corrected chi connectivity index (χ3v) is 4.28. The minimum absolute atomic E-state index is 0.0787. The zero-order chi connectivity index (χ0) is 22.6. The highest BCUT2D eigenvalue weighted by molar-refractivity contribution is 6.05. The third-order valence-electron chi connectivity index (χ3n) is 4.28. The fourth-order valence-corrected chi connectivity index (χ4v) is 2.73. The van der Waals surface area contributed by atoms with Crippen LogP contribution in [0.1, 0.15) is 56.5 Å². The molecule has 6 heteroatoms. The van der Waals surface area contributed by atoms with E-state index < -0.39 is 0 Å². The largest absolute Gasteiger partial charge is 0.494 e. The Bertz CT molecular complexity index is 871. The zero-order valence-corrected chi connectivity index (χ0v) is 18.7. The van der Waals surface area contributed by atoms with Crippen molar-refractivity contribution >= 4 is 17.9 Å². The van der Waals surface area contributed by atoms with Crippen molar-refractivity contribution in [2.75, 3.05) is 13.2 Å². The maximum Gasteiger partial charge on any atom is 0.267 e. The molecule has 0 spiro atoms. The molecule has 0 unspecified atom stereocenters. The van der Waals surface area contributed by atoms with Gasteiger partial charge < -0.3 is 20.1 Å². The molecule has 2 N–H and O–H groups in total. The number of benzene rings is 2. The molecule has 0 fully saturated rings. The summed E-state index contributed by atoms with van der Waals surface area (Å²) in [4.78, 5) is 25.2. The molecule has 0 radical (unpaired) electrons. The number of hydrogen-bond donors (Lipinski definition) is 2. The molecule has 2 rings (SSSR count). The van der Waals surface area contributed by atoms with Crippen LogP contribution < -0.4 is 20.1 Å². The van der Waals surface area contributed by atoms with Gasteiger partial charge in [-0.2, -0.15) is 0 Å². The summed E-state index contributed by atoms with van der Waals surface area (Å²) in [7, 11) is 0. The van der Waals surface area contributed by atoms with Crippen LogP contribution in [0.4, 0.5) is 0 Å². The SMILES string of the molecule is CCCCOc1ccc(C(=O)N/C(=C\c2ccc(OC(C)C)cc2)C(=O)NCC)cc1. The quantitative estimate of drug-likeness (QED) is 0.410. The fraction of sp³-hybridized carbons (Fsp3) is 0.360. The highest BCUT2D eigenvalue weighted by Gasteiger charge is 2.14. The molecule has 0 aliphatic rings. The van der Waals surface area contributed by atoms with Gasteiger partial charge in [-0.15, -0.1) is 0 Å². The number of hydrogen-bond acceptors (Lipinski definition) is 4. The molecule has 0 saturated carbocycles. The zero-order valence-electron chi connectivity index (χ0n) is 18.7. The first-order valence-electron chi connectivity index (χ1n) is 10.7. The van der Waals surface area contributed by atoms with Crippen LogP contribution in [0, 0.1) is 0 Å². The average Bonchev–Trinajstić information content (AvgIpc) is 2.75. The monoisotopic (exact) mass is 424 g/mol. The van der Waals surface area contributed by atoms with Crippen LogP contribution in [0.25, 0.3) is 6.08 Å². The van der Waals surface area contributed by atoms with Crippen molar-refractivity contribution in [1.82, 2.24) is 10.6 Å². The van der Waals surface area contributed by atoms with Gasteiger partial charge in [0.15, 0.2) is 0 Å². The first kappa shape index (κ1) is 24.0.